The Kier molecular flexibility index (Phi) is 4.55. The molecule has 1 N–H and O–H groups in total. The number of nitrogens with zero attached hydrogens (tertiary/aromatic N) is 4. The molecule has 0 saturated carbocycles. The number of nitrogens with one attached hydrogen (secondary N) is 1. The van der Waals surface area contributed by atoms with Crippen LogP contribution in [0.15, 0.2) is 22.9 Å². The number of anilines is 1. The number of piperidine rings is 3. The van der Waals surface area contributed by atoms with Crippen molar-refractivity contribution >= 4 is 28.5 Å². The van der Waals surface area contributed by atoms with E-state index in [0.29, 0.717) is 42.0 Å². The molecule has 154 valence electrons. The first kappa shape index (κ1) is 18.6. The fourth-order valence-corrected chi connectivity index (χ4v) is 5.07. The van der Waals surface area contributed by atoms with Crippen molar-refractivity contribution in [2.24, 2.45) is 5.92 Å². The van der Waals surface area contributed by atoms with Crippen LogP contribution in [-0.2, 0) is 4.79 Å². The molecule has 2 amide bonds. The normalized spacial score (nSPS) is 30.1. The Bertz CT molecular complexity index is 947. The van der Waals surface area contributed by atoms with E-state index in [1.165, 1.54) is 0 Å². The molecule has 2 aromatic rings. The van der Waals surface area contributed by atoms with Crippen molar-refractivity contribution in [3.63, 3.8) is 0 Å². The van der Waals surface area contributed by atoms with Crippen molar-refractivity contribution in [1.29, 1.82) is 0 Å². The monoisotopic (exact) mass is 397 g/mol. The molecule has 4 fully saturated rings. The molecule has 4 saturated heterocycles. The maximum absolute atomic E-state index is 13.0. The maximum Gasteiger partial charge on any atom is 0.270 e. The van der Waals surface area contributed by atoms with E-state index in [1.54, 1.807) is 23.4 Å². The average Bonchev–Trinajstić information content (AvgIpc) is 3.14. The Morgan fingerprint density at radius 2 is 2.03 bits per heavy atom. The molecular formula is C21H27N5O3. The van der Waals surface area contributed by atoms with Crippen LogP contribution in [0.2, 0.25) is 0 Å². The van der Waals surface area contributed by atoms with Crippen molar-refractivity contribution in [3.05, 3.63) is 24.2 Å². The molecule has 4 aliphatic heterocycles. The Balaban J connectivity index is 1.39. The minimum atomic E-state index is -0.158. The summed E-state index contributed by atoms with van der Waals surface area (Å²) in [6.07, 6.45) is 5.44. The lowest BCUT2D eigenvalue weighted by atomic mass is 9.79. The van der Waals surface area contributed by atoms with Crippen LogP contribution in [0.3, 0.4) is 0 Å². The van der Waals surface area contributed by atoms with Crippen LogP contribution in [0.1, 0.15) is 30.3 Å². The van der Waals surface area contributed by atoms with E-state index in [2.05, 4.69) is 22.1 Å². The van der Waals surface area contributed by atoms with Crippen LogP contribution in [0.5, 0.6) is 0 Å². The number of likely N-dealkylation sites (N-methyl/N-ethyl adjacent to an activating group) is 1. The van der Waals surface area contributed by atoms with Gasteiger partial charge in [-0.25, -0.2) is 4.98 Å². The molecule has 2 unspecified atom stereocenters. The van der Waals surface area contributed by atoms with E-state index in [9.17, 15) is 9.59 Å². The largest absolute Gasteiger partial charge is 0.460 e. The number of carbonyl (C=O) groups excluding carboxylic acids is 2. The topological polar surface area (TPSA) is 81.9 Å². The number of furan rings is 1. The van der Waals surface area contributed by atoms with Crippen LogP contribution in [0.4, 0.5) is 5.69 Å². The van der Waals surface area contributed by atoms with E-state index in [0.717, 1.165) is 37.9 Å². The lowest BCUT2D eigenvalue weighted by Crippen LogP contribution is -2.62. The number of pyridine rings is 1. The first-order chi connectivity index (χ1) is 14.0. The minimum Gasteiger partial charge on any atom is -0.460 e. The summed E-state index contributed by atoms with van der Waals surface area (Å²) in [5.41, 5.74) is 1.66. The third-order valence-corrected chi connectivity index (χ3v) is 6.85. The summed E-state index contributed by atoms with van der Waals surface area (Å²) in [6.45, 7) is 6.22. The molecule has 8 heteroatoms. The number of hydrogen-bond acceptors (Lipinski definition) is 6. The van der Waals surface area contributed by atoms with Gasteiger partial charge in [-0.2, -0.15) is 0 Å². The van der Waals surface area contributed by atoms with Gasteiger partial charge in [-0.05, 0) is 51.9 Å². The first-order valence-corrected chi connectivity index (χ1v) is 10.4. The molecule has 2 aromatic heterocycles. The third-order valence-electron chi connectivity index (χ3n) is 6.85. The highest BCUT2D eigenvalue weighted by molar-refractivity contribution is 6.05. The Morgan fingerprint density at radius 1 is 1.24 bits per heavy atom. The summed E-state index contributed by atoms with van der Waals surface area (Å²) >= 11 is 0. The molecule has 4 aliphatic rings. The van der Waals surface area contributed by atoms with Crippen LogP contribution in [-0.4, -0.2) is 78.5 Å². The molecule has 0 aromatic carbocycles. The smallest absolute Gasteiger partial charge is 0.270 e. The molecule has 29 heavy (non-hydrogen) atoms. The molecular weight excluding hydrogens is 370 g/mol. The highest BCUT2D eigenvalue weighted by atomic mass is 16.3. The number of hydrogen-bond donors (Lipinski definition) is 1. The van der Waals surface area contributed by atoms with E-state index in [-0.39, 0.29) is 17.9 Å². The van der Waals surface area contributed by atoms with Gasteiger partial charge in [0.1, 0.15) is 12.0 Å². The fraction of sp³-hybridized carbons (Fsp3) is 0.571. The highest BCUT2D eigenvalue weighted by Crippen LogP contribution is 2.33. The second-order valence-electron chi connectivity index (χ2n) is 8.58. The summed E-state index contributed by atoms with van der Waals surface area (Å²) in [5.74, 6) is 0.412. The van der Waals surface area contributed by atoms with Crippen LogP contribution in [0, 0.1) is 5.92 Å². The van der Waals surface area contributed by atoms with Gasteiger partial charge in [-0.15, -0.1) is 0 Å². The van der Waals surface area contributed by atoms with Gasteiger partial charge in [0, 0.05) is 30.6 Å². The third kappa shape index (κ3) is 3.20. The summed E-state index contributed by atoms with van der Waals surface area (Å²) in [7, 11) is 1.94. The number of fused-ring (bicyclic) bond motifs is 4. The molecule has 2 bridgehead atoms. The number of rotatable bonds is 3. The summed E-state index contributed by atoms with van der Waals surface area (Å²) in [5, 5.41) is 3.98. The molecule has 6 rings (SSSR count). The van der Waals surface area contributed by atoms with E-state index in [1.807, 2.05) is 11.9 Å². The molecule has 0 aliphatic carbocycles. The van der Waals surface area contributed by atoms with Gasteiger partial charge in [0.05, 0.1) is 18.4 Å². The molecule has 0 radical (unpaired) electrons. The van der Waals surface area contributed by atoms with Gasteiger partial charge in [-0.1, -0.05) is 0 Å². The van der Waals surface area contributed by atoms with Gasteiger partial charge in [0.2, 0.25) is 5.91 Å². The van der Waals surface area contributed by atoms with Crippen LogP contribution >= 0.6 is 0 Å². The number of amides is 2. The van der Waals surface area contributed by atoms with E-state index >= 15 is 0 Å². The fourth-order valence-electron chi connectivity index (χ4n) is 5.07. The molecule has 8 nitrogen and oxygen atoms in total. The zero-order chi connectivity index (χ0) is 20.1. The first-order valence-electron chi connectivity index (χ1n) is 10.4. The zero-order valence-electron chi connectivity index (χ0n) is 16.9. The van der Waals surface area contributed by atoms with E-state index < -0.39 is 0 Å². The van der Waals surface area contributed by atoms with Crippen molar-refractivity contribution in [2.45, 2.75) is 31.8 Å². The standard InChI is InChI=1S/C21H27N5O3/c1-13-20(14-3-5-25(13)6-4-14)23-21(28)16-9-15-17(12-29-18(15)10-22-16)26-8-7-24(2)11-19(26)27/h9-10,12-14,20H,3-8,11H2,1-2H3,(H,23,28). The lowest BCUT2D eigenvalue weighted by Gasteiger charge is -2.49. The number of aromatic nitrogens is 1. The van der Waals surface area contributed by atoms with E-state index in [4.69, 9.17) is 4.42 Å². The quantitative estimate of drug-likeness (QED) is 0.841. The van der Waals surface area contributed by atoms with Gasteiger partial charge >= 0.3 is 0 Å². The molecule has 2 atom stereocenters. The van der Waals surface area contributed by atoms with Gasteiger partial charge < -0.3 is 14.6 Å². The predicted molar refractivity (Wildman–Crippen MR) is 109 cm³/mol. The number of carbonyl (C=O) groups is 2. The second kappa shape index (κ2) is 7.11. The lowest BCUT2D eigenvalue weighted by molar-refractivity contribution is -0.120. The van der Waals surface area contributed by atoms with Crippen molar-refractivity contribution in [1.82, 2.24) is 20.1 Å². The Hall–Kier alpha value is -2.45. The van der Waals surface area contributed by atoms with Crippen molar-refractivity contribution in [3.8, 4) is 0 Å². The van der Waals surface area contributed by atoms with Crippen molar-refractivity contribution in [2.75, 3.05) is 44.7 Å². The maximum atomic E-state index is 13.0. The molecule has 0 spiro atoms. The summed E-state index contributed by atoms with van der Waals surface area (Å²) < 4.78 is 5.61. The van der Waals surface area contributed by atoms with Crippen LogP contribution in [0.25, 0.3) is 11.0 Å². The summed E-state index contributed by atoms with van der Waals surface area (Å²) in [4.78, 5) is 36.0. The van der Waals surface area contributed by atoms with Gasteiger partial charge in [0.15, 0.2) is 5.58 Å². The zero-order valence-corrected chi connectivity index (χ0v) is 16.9. The second-order valence-corrected chi connectivity index (χ2v) is 8.58. The SMILES string of the molecule is CC1C(NC(=O)c2cc3c(N4CCN(C)CC4=O)coc3cn2)C2CCN1CC2. The summed E-state index contributed by atoms with van der Waals surface area (Å²) in [6, 6.07) is 2.26. The van der Waals surface area contributed by atoms with Crippen molar-refractivity contribution < 1.29 is 14.0 Å². The Labute approximate surface area is 169 Å². The van der Waals surface area contributed by atoms with Gasteiger partial charge in [0.25, 0.3) is 5.91 Å². The number of piperazine rings is 1. The highest BCUT2D eigenvalue weighted by Gasteiger charge is 2.40. The van der Waals surface area contributed by atoms with Crippen LogP contribution < -0.4 is 10.2 Å². The predicted octanol–water partition coefficient (Wildman–Crippen LogP) is 1.32. The molecule has 6 heterocycles. The minimum absolute atomic E-state index is 0.0327. The average molecular weight is 397 g/mol. The Morgan fingerprint density at radius 3 is 2.76 bits per heavy atom. The van der Waals surface area contributed by atoms with Gasteiger partial charge in [-0.3, -0.25) is 19.4 Å².